The average Bonchev–Trinajstić information content (AvgIpc) is 3.14. The first kappa shape index (κ1) is 18.1. The van der Waals surface area contributed by atoms with Crippen LogP contribution < -0.4 is 10.6 Å². The van der Waals surface area contributed by atoms with Crippen LogP contribution >= 0.6 is 0 Å². The average molecular weight is 378 g/mol. The highest BCUT2D eigenvalue weighted by atomic mass is 16.2. The molecule has 4 rings (SSSR count). The summed E-state index contributed by atoms with van der Waals surface area (Å²) in [5.41, 5.74) is 3.76. The van der Waals surface area contributed by atoms with Crippen molar-refractivity contribution >= 4 is 17.5 Å². The fourth-order valence-electron chi connectivity index (χ4n) is 3.50. The number of nitrogens with zero attached hydrogens (tertiary/aromatic N) is 4. The van der Waals surface area contributed by atoms with E-state index >= 15 is 0 Å². The normalized spacial score (nSPS) is 17.5. The van der Waals surface area contributed by atoms with Crippen LogP contribution in [0, 0.1) is 0 Å². The van der Waals surface area contributed by atoms with Gasteiger partial charge < -0.3 is 10.6 Å². The van der Waals surface area contributed by atoms with Crippen molar-refractivity contribution in [2.24, 2.45) is 0 Å². The molecular weight excluding hydrogens is 356 g/mol. The number of hydrogen-bond donors (Lipinski definition) is 2. The topological polar surface area (TPSA) is 91.6 Å². The number of rotatable bonds is 5. The van der Waals surface area contributed by atoms with Crippen molar-refractivity contribution in [3.8, 4) is 11.1 Å². The number of carbonyl (C=O) groups excluding carboxylic acids is 2. The Labute approximate surface area is 162 Å². The molecule has 1 unspecified atom stereocenters. The number of carbonyl (C=O) groups is 2. The molecule has 2 aromatic heterocycles. The fraction of sp³-hybridized carbons (Fsp3) is 0.300. The second kappa shape index (κ2) is 7.77. The third kappa shape index (κ3) is 3.59. The van der Waals surface area contributed by atoms with Gasteiger partial charge in [-0.25, -0.2) is 9.50 Å². The standard InChI is InChI=1S/C20H22N6O2/c1-21-18(27)9-17-20(28)22-7-8-25(17)12-14-10-23-19-16(11-24-26(19)13-14)15-5-3-2-4-6-15/h2-6,10-11,13,17H,7-9,12H2,1H3,(H,21,27)(H,22,28). The number of piperazine rings is 1. The van der Waals surface area contributed by atoms with E-state index in [1.54, 1.807) is 11.6 Å². The zero-order valence-electron chi connectivity index (χ0n) is 15.6. The summed E-state index contributed by atoms with van der Waals surface area (Å²) in [6.45, 7) is 1.77. The van der Waals surface area contributed by atoms with Crippen molar-refractivity contribution in [1.82, 2.24) is 30.1 Å². The summed E-state index contributed by atoms with van der Waals surface area (Å²) in [5, 5.41) is 9.86. The smallest absolute Gasteiger partial charge is 0.237 e. The summed E-state index contributed by atoms with van der Waals surface area (Å²) in [6.07, 6.45) is 5.69. The van der Waals surface area contributed by atoms with E-state index in [-0.39, 0.29) is 18.2 Å². The molecule has 0 bridgehead atoms. The highest BCUT2D eigenvalue weighted by Gasteiger charge is 2.31. The van der Waals surface area contributed by atoms with E-state index in [1.165, 1.54) is 0 Å². The minimum Gasteiger partial charge on any atom is -0.359 e. The molecule has 1 aliphatic heterocycles. The molecule has 1 aromatic carbocycles. The molecule has 0 saturated carbocycles. The van der Waals surface area contributed by atoms with Crippen LogP contribution in [0.3, 0.4) is 0 Å². The van der Waals surface area contributed by atoms with Gasteiger partial charge in [-0.3, -0.25) is 14.5 Å². The predicted molar refractivity (Wildman–Crippen MR) is 104 cm³/mol. The Morgan fingerprint density at radius 2 is 2.11 bits per heavy atom. The van der Waals surface area contributed by atoms with Gasteiger partial charge in [0.05, 0.1) is 18.7 Å². The van der Waals surface area contributed by atoms with Crippen LogP contribution in [0.15, 0.2) is 48.9 Å². The summed E-state index contributed by atoms with van der Waals surface area (Å²) < 4.78 is 1.76. The zero-order valence-corrected chi connectivity index (χ0v) is 15.6. The Hall–Kier alpha value is -3.26. The van der Waals surface area contributed by atoms with Gasteiger partial charge in [-0.1, -0.05) is 30.3 Å². The minimum absolute atomic E-state index is 0.116. The summed E-state index contributed by atoms with van der Waals surface area (Å²) >= 11 is 0. The summed E-state index contributed by atoms with van der Waals surface area (Å²) in [6, 6.07) is 9.53. The summed E-state index contributed by atoms with van der Waals surface area (Å²) in [7, 11) is 1.58. The molecule has 28 heavy (non-hydrogen) atoms. The maximum absolute atomic E-state index is 12.3. The van der Waals surface area contributed by atoms with E-state index in [4.69, 9.17) is 0 Å². The largest absolute Gasteiger partial charge is 0.359 e. The Kier molecular flexibility index (Phi) is 5.03. The van der Waals surface area contributed by atoms with Gasteiger partial charge in [0.25, 0.3) is 0 Å². The molecule has 1 aliphatic rings. The predicted octanol–water partition coefficient (Wildman–Crippen LogP) is 0.833. The number of hydrogen-bond acceptors (Lipinski definition) is 5. The van der Waals surface area contributed by atoms with Crippen molar-refractivity contribution in [1.29, 1.82) is 0 Å². The van der Waals surface area contributed by atoms with E-state index in [0.717, 1.165) is 22.3 Å². The lowest BCUT2D eigenvalue weighted by Gasteiger charge is -2.34. The minimum atomic E-state index is -0.484. The van der Waals surface area contributed by atoms with Crippen LogP contribution in [0.25, 0.3) is 16.8 Å². The SMILES string of the molecule is CNC(=O)CC1C(=O)NCCN1Cc1cnc2c(-c3ccccc3)cnn2c1. The quantitative estimate of drug-likeness (QED) is 0.686. The number of fused-ring (bicyclic) bond motifs is 1. The number of nitrogens with one attached hydrogen (secondary N) is 2. The third-order valence-electron chi connectivity index (χ3n) is 4.98. The Morgan fingerprint density at radius 1 is 1.29 bits per heavy atom. The second-order valence-corrected chi connectivity index (χ2v) is 6.81. The monoisotopic (exact) mass is 378 g/mol. The molecule has 3 aromatic rings. The highest BCUT2D eigenvalue weighted by Crippen LogP contribution is 2.23. The van der Waals surface area contributed by atoms with E-state index < -0.39 is 6.04 Å². The molecule has 1 saturated heterocycles. The van der Waals surface area contributed by atoms with Gasteiger partial charge >= 0.3 is 0 Å². The molecular formula is C20H22N6O2. The van der Waals surface area contributed by atoms with E-state index in [2.05, 4.69) is 20.7 Å². The first-order valence-electron chi connectivity index (χ1n) is 9.26. The van der Waals surface area contributed by atoms with Gasteiger partial charge in [0.1, 0.15) is 0 Å². The molecule has 1 fully saturated rings. The summed E-state index contributed by atoms with van der Waals surface area (Å²) in [4.78, 5) is 30.7. The van der Waals surface area contributed by atoms with Gasteiger partial charge in [-0.2, -0.15) is 5.10 Å². The van der Waals surface area contributed by atoms with Crippen LogP contribution in [0.4, 0.5) is 0 Å². The van der Waals surface area contributed by atoms with Crippen molar-refractivity contribution in [2.75, 3.05) is 20.1 Å². The van der Waals surface area contributed by atoms with Gasteiger partial charge in [0.15, 0.2) is 5.65 Å². The Bertz CT molecular complexity index is 1000. The summed E-state index contributed by atoms with van der Waals surface area (Å²) in [5.74, 6) is -0.269. The molecule has 8 heteroatoms. The van der Waals surface area contributed by atoms with Gasteiger partial charge in [0.2, 0.25) is 11.8 Å². The number of benzene rings is 1. The van der Waals surface area contributed by atoms with Crippen LogP contribution in [-0.2, 0) is 16.1 Å². The van der Waals surface area contributed by atoms with Crippen molar-refractivity contribution in [2.45, 2.75) is 19.0 Å². The van der Waals surface area contributed by atoms with Crippen LogP contribution in [-0.4, -0.2) is 57.5 Å². The maximum Gasteiger partial charge on any atom is 0.237 e. The van der Waals surface area contributed by atoms with Crippen LogP contribution in [0.2, 0.25) is 0 Å². The third-order valence-corrected chi connectivity index (χ3v) is 4.98. The molecule has 8 nitrogen and oxygen atoms in total. The first-order chi connectivity index (χ1) is 13.7. The fourth-order valence-corrected chi connectivity index (χ4v) is 3.50. The lowest BCUT2D eigenvalue weighted by molar-refractivity contribution is -0.134. The van der Waals surface area contributed by atoms with Crippen molar-refractivity contribution in [3.05, 3.63) is 54.5 Å². The van der Waals surface area contributed by atoms with Crippen LogP contribution in [0.1, 0.15) is 12.0 Å². The molecule has 0 aliphatic carbocycles. The molecule has 2 amide bonds. The molecule has 2 N–H and O–H groups in total. The lowest BCUT2D eigenvalue weighted by Crippen LogP contribution is -2.56. The Morgan fingerprint density at radius 3 is 2.89 bits per heavy atom. The van der Waals surface area contributed by atoms with Crippen molar-refractivity contribution in [3.63, 3.8) is 0 Å². The molecule has 0 spiro atoms. The lowest BCUT2D eigenvalue weighted by atomic mass is 10.1. The second-order valence-electron chi connectivity index (χ2n) is 6.81. The molecule has 0 radical (unpaired) electrons. The van der Waals surface area contributed by atoms with Crippen LogP contribution in [0.5, 0.6) is 0 Å². The van der Waals surface area contributed by atoms with Crippen molar-refractivity contribution < 1.29 is 9.59 Å². The van der Waals surface area contributed by atoms with Gasteiger partial charge in [-0.05, 0) is 5.56 Å². The zero-order chi connectivity index (χ0) is 19.5. The van der Waals surface area contributed by atoms with E-state index in [1.807, 2.05) is 53.8 Å². The number of aromatic nitrogens is 3. The molecule has 1 atom stereocenters. The van der Waals surface area contributed by atoms with E-state index in [0.29, 0.717) is 19.6 Å². The molecule has 3 heterocycles. The number of amides is 2. The van der Waals surface area contributed by atoms with Gasteiger partial charge in [-0.15, -0.1) is 0 Å². The van der Waals surface area contributed by atoms with E-state index in [9.17, 15) is 9.59 Å². The Balaban J connectivity index is 1.57. The first-order valence-corrected chi connectivity index (χ1v) is 9.26. The maximum atomic E-state index is 12.3. The molecule has 144 valence electrons. The highest BCUT2D eigenvalue weighted by molar-refractivity contribution is 5.88. The van der Waals surface area contributed by atoms with Gasteiger partial charge in [0, 0.05) is 50.2 Å².